The topological polar surface area (TPSA) is 109 Å². The first-order valence-corrected chi connectivity index (χ1v) is 14.0. The molecular weight excluding hydrogens is 593 g/mol. The molecule has 0 saturated heterocycles. The number of nitrogens with two attached hydrogens (primary N) is 3. The summed E-state index contributed by atoms with van der Waals surface area (Å²) in [6, 6.07) is 32.6. The fourth-order valence-corrected chi connectivity index (χ4v) is 4.72. The molecule has 6 rings (SSSR count). The smallest absolute Gasteiger partial charge is 0.165 e. The van der Waals surface area contributed by atoms with Crippen LogP contribution in [0.4, 0.5) is 47.3 Å². The van der Waals surface area contributed by atoms with Crippen molar-refractivity contribution in [3.8, 4) is 34.5 Å². The summed E-state index contributed by atoms with van der Waals surface area (Å²) in [4.78, 5) is 1.71. The first-order valence-electron chi connectivity index (χ1n) is 14.0. The highest BCUT2D eigenvalue weighted by Gasteiger charge is 2.25. The van der Waals surface area contributed by atoms with E-state index < -0.39 is 17.5 Å². The highest BCUT2D eigenvalue weighted by atomic mass is 19.1. The van der Waals surface area contributed by atoms with Gasteiger partial charge in [0.15, 0.2) is 51.9 Å². The maximum absolute atomic E-state index is 14.9. The summed E-state index contributed by atoms with van der Waals surface area (Å²) in [5.41, 5.74) is 19.9. The zero-order valence-corrected chi connectivity index (χ0v) is 24.2. The number of nitrogens with zero attached hydrogens (tertiary/aromatic N) is 1. The Labute approximate surface area is 262 Å². The van der Waals surface area contributed by atoms with Gasteiger partial charge in [-0.25, -0.2) is 13.2 Å². The van der Waals surface area contributed by atoms with Gasteiger partial charge in [-0.15, -0.1) is 0 Å². The lowest BCUT2D eigenvalue weighted by molar-refractivity contribution is 0.438. The fourth-order valence-electron chi connectivity index (χ4n) is 4.72. The summed E-state index contributed by atoms with van der Waals surface area (Å²) >= 11 is 0. The standard InChI is InChI=1S/C36H27F3N4O3/c37-25-16-13-22(40)19-34(25)44-31-10-4-1-7-28(31)43(29-8-2-5-11-32(29)45-35-20-23(41)14-17-26(35)38)30-9-3-6-12-33(30)46-36-21-24(42)15-18-27(36)39/h1-21H,40-42H2. The molecule has 0 atom stereocenters. The van der Waals surface area contributed by atoms with Crippen molar-refractivity contribution in [3.63, 3.8) is 0 Å². The third-order valence-electron chi connectivity index (χ3n) is 6.84. The minimum absolute atomic E-state index is 0.106. The summed E-state index contributed by atoms with van der Waals surface area (Å²) < 4.78 is 62.9. The van der Waals surface area contributed by atoms with E-state index in [1.165, 1.54) is 54.6 Å². The van der Waals surface area contributed by atoms with Crippen LogP contribution in [0.3, 0.4) is 0 Å². The normalized spacial score (nSPS) is 10.8. The number of halogens is 3. The van der Waals surface area contributed by atoms with Crippen molar-refractivity contribution in [2.75, 3.05) is 22.1 Å². The average Bonchev–Trinajstić information content (AvgIpc) is 3.05. The van der Waals surface area contributed by atoms with Gasteiger partial charge >= 0.3 is 0 Å². The molecule has 0 amide bonds. The zero-order chi connectivity index (χ0) is 32.2. The summed E-state index contributed by atoms with van der Waals surface area (Å²) in [7, 11) is 0. The molecule has 0 aromatic heterocycles. The van der Waals surface area contributed by atoms with Crippen LogP contribution in [0.5, 0.6) is 34.5 Å². The first kappa shape index (κ1) is 29.8. The minimum atomic E-state index is -0.627. The van der Waals surface area contributed by atoms with Gasteiger partial charge in [0.2, 0.25) is 0 Å². The van der Waals surface area contributed by atoms with Crippen LogP contribution >= 0.6 is 0 Å². The second-order valence-corrected chi connectivity index (χ2v) is 10.1. The van der Waals surface area contributed by atoms with E-state index in [1.54, 1.807) is 77.7 Å². The Kier molecular flexibility index (Phi) is 8.25. The molecule has 0 aliphatic carbocycles. The third-order valence-corrected chi connectivity index (χ3v) is 6.84. The first-order chi connectivity index (χ1) is 22.3. The Morgan fingerprint density at radius 2 is 0.652 bits per heavy atom. The number of nitrogen functional groups attached to an aromatic ring is 3. The molecule has 0 saturated carbocycles. The van der Waals surface area contributed by atoms with E-state index in [9.17, 15) is 13.2 Å². The predicted octanol–water partition coefficient (Wildman–Crippen LogP) is 9.70. The number of benzene rings is 6. The van der Waals surface area contributed by atoms with Gasteiger partial charge in [-0.2, -0.15) is 0 Å². The number of hydrogen-bond donors (Lipinski definition) is 3. The van der Waals surface area contributed by atoms with Gasteiger partial charge in [-0.3, -0.25) is 4.90 Å². The lowest BCUT2D eigenvalue weighted by atomic mass is 10.1. The van der Waals surface area contributed by atoms with E-state index in [4.69, 9.17) is 31.4 Å². The molecule has 0 bridgehead atoms. The van der Waals surface area contributed by atoms with Gasteiger partial charge in [-0.1, -0.05) is 36.4 Å². The summed E-state index contributed by atoms with van der Waals surface area (Å²) in [5.74, 6) is -1.53. The van der Waals surface area contributed by atoms with Crippen LogP contribution < -0.4 is 36.3 Å². The maximum atomic E-state index is 14.9. The van der Waals surface area contributed by atoms with Crippen LogP contribution in [0.15, 0.2) is 127 Å². The minimum Gasteiger partial charge on any atom is -0.452 e. The molecule has 6 aromatic carbocycles. The molecule has 0 radical (unpaired) electrons. The largest absolute Gasteiger partial charge is 0.452 e. The number of hydrogen-bond acceptors (Lipinski definition) is 7. The van der Waals surface area contributed by atoms with Gasteiger partial charge in [-0.05, 0) is 72.8 Å². The second-order valence-electron chi connectivity index (χ2n) is 10.1. The van der Waals surface area contributed by atoms with Crippen molar-refractivity contribution in [2.45, 2.75) is 0 Å². The average molecular weight is 621 g/mol. The van der Waals surface area contributed by atoms with Crippen LogP contribution in [-0.2, 0) is 0 Å². The highest BCUT2D eigenvalue weighted by Crippen LogP contribution is 2.49. The van der Waals surface area contributed by atoms with Gasteiger partial charge in [0.1, 0.15) is 0 Å². The monoisotopic (exact) mass is 620 g/mol. The summed E-state index contributed by atoms with van der Waals surface area (Å²) in [6.45, 7) is 0. The maximum Gasteiger partial charge on any atom is 0.165 e. The number of rotatable bonds is 9. The van der Waals surface area contributed by atoms with Crippen molar-refractivity contribution in [1.29, 1.82) is 0 Å². The van der Waals surface area contributed by atoms with Gasteiger partial charge in [0.25, 0.3) is 0 Å². The van der Waals surface area contributed by atoms with Crippen LogP contribution in [0.2, 0.25) is 0 Å². The lowest BCUT2D eigenvalue weighted by Gasteiger charge is -2.30. The Morgan fingerprint density at radius 3 is 0.957 bits per heavy atom. The molecular formula is C36H27F3N4O3. The molecule has 10 heteroatoms. The lowest BCUT2D eigenvalue weighted by Crippen LogP contribution is -2.13. The predicted molar refractivity (Wildman–Crippen MR) is 174 cm³/mol. The van der Waals surface area contributed by atoms with Crippen molar-refractivity contribution in [1.82, 2.24) is 0 Å². The molecule has 0 heterocycles. The molecule has 230 valence electrons. The van der Waals surface area contributed by atoms with E-state index in [0.717, 1.165) is 0 Å². The SMILES string of the molecule is Nc1ccc(F)c(Oc2ccccc2N(c2ccccc2Oc2cc(N)ccc2F)c2ccccc2Oc2cc(N)ccc2F)c1. The van der Waals surface area contributed by atoms with Crippen LogP contribution in [-0.4, -0.2) is 0 Å². The Morgan fingerprint density at radius 1 is 0.370 bits per heavy atom. The second kappa shape index (κ2) is 12.7. The van der Waals surface area contributed by atoms with Crippen molar-refractivity contribution in [2.24, 2.45) is 0 Å². The number of para-hydroxylation sites is 6. The molecule has 0 aliphatic rings. The zero-order valence-electron chi connectivity index (χ0n) is 24.2. The van der Waals surface area contributed by atoms with E-state index in [0.29, 0.717) is 34.1 Å². The Balaban J connectivity index is 1.55. The Bertz CT molecular complexity index is 1810. The van der Waals surface area contributed by atoms with E-state index in [1.807, 2.05) is 0 Å². The molecule has 6 aromatic rings. The van der Waals surface area contributed by atoms with Crippen molar-refractivity contribution < 1.29 is 27.4 Å². The highest BCUT2D eigenvalue weighted by molar-refractivity contribution is 5.86. The van der Waals surface area contributed by atoms with Crippen LogP contribution in [0, 0.1) is 17.5 Å². The fraction of sp³-hybridized carbons (Fsp3) is 0. The summed E-state index contributed by atoms with van der Waals surface area (Å²) in [5, 5.41) is 0. The van der Waals surface area contributed by atoms with Gasteiger partial charge < -0.3 is 31.4 Å². The van der Waals surface area contributed by atoms with Gasteiger partial charge in [0.05, 0.1) is 17.1 Å². The van der Waals surface area contributed by atoms with Crippen molar-refractivity contribution >= 4 is 34.1 Å². The third kappa shape index (κ3) is 6.31. The molecule has 7 nitrogen and oxygen atoms in total. The van der Waals surface area contributed by atoms with Gasteiger partial charge in [0, 0.05) is 35.3 Å². The molecule has 46 heavy (non-hydrogen) atoms. The van der Waals surface area contributed by atoms with Crippen molar-refractivity contribution in [3.05, 3.63) is 145 Å². The molecule has 0 unspecified atom stereocenters. The number of anilines is 6. The molecule has 0 aliphatic heterocycles. The molecule has 0 fully saturated rings. The van der Waals surface area contributed by atoms with E-state index in [-0.39, 0.29) is 34.5 Å². The van der Waals surface area contributed by atoms with E-state index in [2.05, 4.69) is 0 Å². The summed E-state index contributed by atoms with van der Waals surface area (Å²) in [6.07, 6.45) is 0. The quantitative estimate of drug-likeness (QED) is 0.138. The van der Waals surface area contributed by atoms with Crippen LogP contribution in [0.1, 0.15) is 0 Å². The number of ether oxygens (including phenoxy) is 3. The Hall–Kier alpha value is -6.29. The van der Waals surface area contributed by atoms with Crippen LogP contribution in [0.25, 0.3) is 0 Å². The molecule has 0 spiro atoms. The van der Waals surface area contributed by atoms with E-state index >= 15 is 0 Å². The molecule has 6 N–H and O–H groups in total.